The summed E-state index contributed by atoms with van der Waals surface area (Å²) in [6.07, 6.45) is 1.52. The molecule has 0 atom stereocenters. The highest BCUT2D eigenvalue weighted by Gasteiger charge is 2.45. The van der Waals surface area contributed by atoms with Gasteiger partial charge in [0, 0.05) is 19.6 Å². The summed E-state index contributed by atoms with van der Waals surface area (Å²) in [5.74, 6) is 0. The maximum atomic E-state index is 11.4. The van der Waals surface area contributed by atoms with E-state index >= 15 is 0 Å². The number of nitrogens with zero attached hydrogens (tertiary/aromatic N) is 1. The quantitative estimate of drug-likeness (QED) is 0.670. The summed E-state index contributed by atoms with van der Waals surface area (Å²) >= 11 is 0. The predicted molar refractivity (Wildman–Crippen MR) is 54.0 cm³/mol. The topological polar surface area (TPSA) is 69.6 Å². The first-order chi connectivity index (χ1) is 6.43. The Labute approximate surface area is 85.3 Å². The van der Waals surface area contributed by atoms with E-state index in [2.05, 4.69) is 4.72 Å². The van der Waals surface area contributed by atoms with Gasteiger partial charge < -0.3 is 5.11 Å². The average Bonchev–Trinajstić information content (AvgIpc) is 2.00. The molecule has 0 saturated carbocycles. The third-order valence-electron chi connectivity index (χ3n) is 2.32. The largest absolute Gasteiger partial charge is 0.387 e. The van der Waals surface area contributed by atoms with Crippen molar-refractivity contribution in [3.05, 3.63) is 0 Å². The Morgan fingerprint density at radius 2 is 2.00 bits per heavy atom. The summed E-state index contributed by atoms with van der Waals surface area (Å²) < 4.78 is 26.5. The fraction of sp³-hybridized carbons (Fsp3) is 1.00. The standard InChI is InChI=1S/C8H18N2O3S/c1-3-5-8(11)6-10(7-8)14(12,13)9-4-2/h9,11H,3-7H2,1-2H3. The Kier molecular flexibility index (Phi) is 3.52. The van der Waals surface area contributed by atoms with Gasteiger partial charge in [-0.25, -0.2) is 4.72 Å². The molecule has 1 saturated heterocycles. The molecule has 0 radical (unpaired) electrons. The van der Waals surface area contributed by atoms with Gasteiger partial charge in [0.05, 0.1) is 5.60 Å². The molecule has 0 amide bonds. The molecule has 1 fully saturated rings. The molecule has 0 aromatic rings. The monoisotopic (exact) mass is 222 g/mol. The van der Waals surface area contributed by atoms with E-state index in [-0.39, 0.29) is 13.1 Å². The van der Waals surface area contributed by atoms with Gasteiger partial charge in [-0.1, -0.05) is 20.3 Å². The minimum atomic E-state index is -3.34. The second-order valence-electron chi connectivity index (χ2n) is 3.75. The number of hydrogen-bond donors (Lipinski definition) is 2. The number of β-amino-alcohol motifs (C(OH)–C–C–N with tert-alkyl or cyclic N) is 1. The molecule has 2 N–H and O–H groups in total. The lowest BCUT2D eigenvalue weighted by Crippen LogP contribution is -2.65. The van der Waals surface area contributed by atoms with Crippen molar-refractivity contribution in [1.29, 1.82) is 0 Å². The van der Waals surface area contributed by atoms with Crippen molar-refractivity contribution in [2.24, 2.45) is 0 Å². The van der Waals surface area contributed by atoms with Crippen molar-refractivity contribution in [1.82, 2.24) is 9.03 Å². The van der Waals surface area contributed by atoms with E-state index < -0.39 is 15.8 Å². The van der Waals surface area contributed by atoms with E-state index in [4.69, 9.17) is 0 Å². The second kappa shape index (κ2) is 4.14. The highest BCUT2D eigenvalue weighted by Crippen LogP contribution is 2.27. The normalized spacial score (nSPS) is 21.9. The first-order valence-corrected chi connectivity index (χ1v) is 6.34. The number of nitrogens with one attached hydrogen (secondary N) is 1. The van der Waals surface area contributed by atoms with Crippen LogP contribution >= 0.6 is 0 Å². The fourth-order valence-electron chi connectivity index (χ4n) is 1.68. The van der Waals surface area contributed by atoms with Crippen LogP contribution in [0.2, 0.25) is 0 Å². The third kappa shape index (κ3) is 2.44. The molecule has 84 valence electrons. The maximum Gasteiger partial charge on any atom is 0.279 e. The van der Waals surface area contributed by atoms with Gasteiger partial charge in [-0.3, -0.25) is 0 Å². The molecular weight excluding hydrogens is 204 g/mol. The lowest BCUT2D eigenvalue weighted by molar-refractivity contribution is -0.0657. The summed E-state index contributed by atoms with van der Waals surface area (Å²) in [6, 6.07) is 0. The van der Waals surface area contributed by atoms with Crippen LogP contribution in [0.25, 0.3) is 0 Å². The Hall–Kier alpha value is -0.170. The van der Waals surface area contributed by atoms with Crippen LogP contribution in [0, 0.1) is 0 Å². The Bertz CT molecular complexity index is 283. The van der Waals surface area contributed by atoms with Crippen LogP contribution in [-0.2, 0) is 10.2 Å². The van der Waals surface area contributed by atoms with Crippen molar-refractivity contribution in [3.63, 3.8) is 0 Å². The van der Waals surface area contributed by atoms with Gasteiger partial charge in [0.2, 0.25) is 0 Å². The molecule has 0 aliphatic carbocycles. The van der Waals surface area contributed by atoms with Crippen molar-refractivity contribution in [2.45, 2.75) is 32.3 Å². The Balaban J connectivity index is 2.48. The van der Waals surface area contributed by atoms with Gasteiger partial charge >= 0.3 is 0 Å². The molecule has 1 aliphatic rings. The molecule has 6 heteroatoms. The predicted octanol–water partition coefficient (Wildman–Crippen LogP) is -0.313. The maximum absolute atomic E-state index is 11.4. The zero-order valence-corrected chi connectivity index (χ0v) is 9.47. The minimum Gasteiger partial charge on any atom is -0.387 e. The highest BCUT2D eigenvalue weighted by atomic mass is 32.2. The van der Waals surface area contributed by atoms with E-state index in [9.17, 15) is 13.5 Å². The van der Waals surface area contributed by atoms with Gasteiger partial charge in [0.15, 0.2) is 0 Å². The molecule has 14 heavy (non-hydrogen) atoms. The Morgan fingerprint density at radius 1 is 1.43 bits per heavy atom. The Morgan fingerprint density at radius 3 is 2.43 bits per heavy atom. The summed E-state index contributed by atoms with van der Waals surface area (Å²) in [6.45, 7) is 4.52. The number of aliphatic hydroxyl groups is 1. The number of hydrogen-bond acceptors (Lipinski definition) is 3. The number of rotatable bonds is 5. The van der Waals surface area contributed by atoms with Gasteiger partial charge in [0.25, 0.3) is 10.2 Å². The zero-order chi connectivity index (χ0) is 10.8. The molecular formula is C8H18N2O3S. The molecule has 0 aromatic heterocycles. The molecule has 0 unspecified atom stereocenters. The second-order valence-corrected chi connectivity index (χ2v) is 5.50. The van der Waals surface area contributed by atoms with Crippen LogP contribution in [0.5, 0.6) is 0 Å². The first kappa shape index (κ1) is 11.9. The molecule has 5 nitrogen and oxygen atoms in total. The summed E-state index contributed by atoms with van der Waals surface area (Å²) in [4.78, 5) is 0. The summed E-state index contributed by atoms with van der Waals surface area (Å²) in [5, 5.41) is 9.78. The molecule has 1 heterocycles. The van der Waals surface area contributed by atoms with Crippen LogP contribution < -0.4 is 4.72 Å². The van der Waals surface area contributed by atoms with Crippen molar-refractivity contribution < 1.29 is 13.5 Å². The first-order valence-electron chi connectivity index (χ1n) is 4.90. The van der Waals surface area contributed by atoms with E-state index in [0.29, 0.717) is 13.0 Å². The van der Waals surface area contributed by atoms with E-state index in [0.717, 1.165) is 6.42 Å². The van der Waals surface area contributed by atoms with E-state index in [1.54, 1.807) is 6.92 Å². The van der Waals surface area contributed by atoms with Crippen LogP contribution in [0.4, 0.5) is 0 Å². The lowest BCUT2D eigenvalue weighted by Gasteiger charge is -2.45. The van der Waals surface area contributed by atoms with E-state index in [1.165, 1.54) is 4.31 Å². The van der Waals surface area contributed by atoms with Crippen LogP contribution in [-0.4, -0.2) is 43.1 Å². The summed E-state index contributed by atoms with van der Waals surface area (Å²) in [5.41, 5.74) is -0.794. The summed E-state index contributed by atoms with van der Waals surface area (Å²) in [7, 11) is -3.34. The lowest BCUT2D eigenvalue weighted by atomic mass is 9.92. The molecule has 0 aromatic carbocycles. The molecule has 1 rings (SSSR count). The van der Waals surface area contributed by atoms with Crippen LogP contribution in [0.3, 0.4) is 0 Å². The molecule has 1 aliphatic heterocycles. The van der Waals surface area contributed by atoms with Crippen LogP contribution in [0.1, 0.15) is 26.7 Å². The molecule has 0 bridgehead atoms. The van der Waals surface area contributed by atoms with Gasteiger partial charge in [-0.2, -0.15) is 12.7 Å². The van der Waals surface area contributed by atoms with E-state index in [1.807, 2.05) is 6.92 Å². The van der Waals surface area contributed by atoms with Crippen molar-refractivity contribution >= 4 is 10.2 Å². The van der Waals surface area contributed by atoms with Crippen LogP contribution in [0.15, 0.2) is 0 Å². The smallest absolute Gasteiger partial charge is 0.279 e. The zero-order valence-electron chi connectivity index (χ0n) is 8.65. The van der Waals surface area contributed by atoms with Crippen molar-refractivity contribution in [2.75, 3.05) is 19.6 Å². The average molecular weight is 222 g/mol. The van der Waals surface area contributed by atoms with Gasteiger partial charge in [-0.15, -0.1) is 0 Å². The third-order valence-corrected chi connectivity index (χ3v) is 3.91. The minimum absolute atomic E-state index is 0.218. The molecule has 0 spiro atoms. The highest BCUT2D eigenvalue weighted by molar-refractivity contribution is 7.87. The van der Waals surface area contributed by atoms with Crippen molar-refractivity contribution in [3.8, 4) is 0 Å². The fourth-order valence-corrected chi connectivity index (χ4v) is 3.05. The van der Waals surface area contributed by atoms with Gasteiger partial charge in [-0.05, 0) is 6.42 Å². The SMILES string of the molecule is CCCC1(O)CN(S(=O)(=O)NCC)C1. The van der Waals surface area contributed by atoms with Gasteiger partial charge in [0.1, 0.15) is 0 Å².